The Kier molecular flexibility index (Phi) is 3.67. The molecule has 0 unspecified atom stereocenters. The van der Waals surface area contributed by atoms with Crippen LogP contribution in [0.2, 0.25) is 0 Å². The molecule has 82 valence electrons. The number of ketones is 1. The van der Waals surface area contributed by atoms with Crippen molar-refractivity contribution in [3.05, 3.63) is 35.4 Å². The lowest BCUT2D eigenvalue weighted by Gasteiger charge is -2.16. The predicted octanol–water partition coefficient (Wildman–Crippen LogP) is 3.87. The van der Waals surface area contributed by atoms with Gasteiger partial charge in [-0.2, -0.15) is 0 Å². The fourth-order valence-corrected chi connectivity index (χ4v) is 1.54. The molecular formula is C14H20O. The summed E-state index contributed by atoms with van der Waals surface area (Å²) in [5, 5.41) is 0. The Bertz CT molecular complexity index is 327. The Hall–Kier alpha value is -1.11. The molecule has 0 spiro atoms. The van der Waals surface area contributed by atoms with Crippen molar-refractivity contribution in [3.8, 4) is 0 Å². The minimum atomic E-state index is -0.285. The average Bonchev–Trinajstić information content (AvgIpc) is 2.17. The standard InChI is InChI=1S/C14H20O/c1-5-6-11-7-9-12(10-8-11)13(15)14(2,3)4/h7-10H,5-6H2,1-4H3. The van der Waals surface area contributed by atoms with E-state index >= 15 is 0 Å². The third kappa shape index (κ3) is 3.19. The second-order valence-electron chi connectivity index (χ2n) is 5.03. The molecule has 0 N–H and O–H groups in total. The molecule has 0 aliphatic heterocycles. The molecule has 0 amide bonds. The summed E-state index contributed by atoms with van der Waals surface area (Å²) in [6, 6.07) is 8.00. The van der Waals surface area contributed by atoms with Crippen molar-refractivity contribution in [3.63, 3.8) is 0 Å². The van der Waals surface area contributed by atoms with E-state index in [0.29, 0.717) is 0 Å². The highest BCUT2D eigenvalue weighted by atomic mass is 16.1. The molecule has 1 aromatic rings. The zero-order valence-corrected chi connectivity index (χ0v) is 10.1. The van der Waals surface area contributed by atoms with E-state index < -0.39 is 0 Å². The summed E-state index contributed by atoms with van der Waals surface area (Å²) in [7, 11) is 0. The Labute approximate surface area is 92.5 Å². The van der Waals surface area contributed by atoms with Crippen LogP contribution in [0, 0.1) is 5.41 Å². The van der Waals surface area contributed by atoms with Crippen LogP contribution in [0.1, 0.15) is 50.0 Å². The quantitative estimate of drug-likeness (QED) is 0.683. The van der Waals surface area contributed by atoms with Crippen molar-refractivity contribution < 1.29 is 4.79 Å². The third-order valence-corrected chi connectivity index (χ3v) is 2.44. The normalized spacial score (nSPS) is 11.5. The van der Waals surface area contributed by atoms with Crippen molar-refractivity contribution in [2.24, 2.45) is 5.41 Å². The molecule has 0 aromatic heterocycles. The molecule has 15 heavy (non-hydrogen) atoms. The topological polar surface area (TPSA) is 17.1 Å². The van der Waals surface area contributed by atoms with E-state index in [1.807, 2.05) is 32.9 Å². The first-order valence-corrected chi connectivity index (χ1v) is 5.59. The molecule has 1 heteroatoms. The van der Waals surface area contributed by atoms with Crippen LogP contribution in [-0.4, -0.2) is 5.78 Å². The fraction of sp³-hybridized carbons (Fsp3) is 0.500. The van der Waals surface area contributed by atoms with Crippen LogP contribution in [-0.2, 0) is 6.42 Å². The van der Waals surface area contributed by atoms with Gasteiger partial charge in [-0.05, 0) is 12.0 Å². The van der Waals surface area contributed by atoms with Crippen molar-refractivity contribution in [1.29, 1.82) is 0 Å². The van der Waals surface area contributed by atoms with Gasteiger partial charge >= 0.3 is 0 Å². The van der Waals surface area contributed by atoms with Crippen LogP contribution in [0.5, 0.6) is 0 Å². The monoisotopic (exact) mass is 204 g/mol. The molecule has 1 aromatic carbocycles. The smallest absolute Gasteiger partial charge is 0.168 e. The molecule has 0 radical (unpaired) electrons. The zero-order chi connectivity index (χ0) is 11.5. The Balaban J connectivity index is 2.85. The van der Waals surface area contributed by atoms with Gasteiger partial charge in [0.05, 0.1) is 0 Å². The zero-order valence-electron chi connectivity index (χ0n) is 10.1. The van der Waals surface area contributed by atoms with Crippen LogP contribution in [0.15, 0.2) is 24.3 Å². The molecular weight excluding hydrogens is 184 g/mol. The number of hydrogen-bond acceptors (Lipinski definition) is 1. The van der Waals surface area contributed by atoms with Crippen LogP contribution in [0.25, 0.3) is 0 Å². The molecule has 0 heterocycles. The second kappa shape index (κ2) is 4.61. The summed E-state index contributed by atoms with van der Waals surface area (Å²) < 4.78 is 0. The van der Waals surface area contributed by atoms with Crippen molar-refractivity contribution >= 4 is 5.78 Å². The maximum Gasteiger partial charge on any atom is 0.168 e. The largest absolute Gasteiger partial charge is 0.294 e. The van der Waals surface area contributed by atoms with Gasteiger partial charge in [0.15, 0.2) is 5.78 Å². The van der Waals surface area contributed by atoms with Gasteiger partial charge in [-0.3, -0.25) is 4.79 Å². The molecule has 0 aliphatic carbocycles. The van der Waals surface area contributed by atoms with E-state index in [1.165, 1.54) is 5.56 Å². The van der Waals surface area contributed by atoms with Crippen molar-refractivity contribution in [1.82, 2.24) is 0 Å². The number of Topliss-reactive ketones (excluding diaryl/α,β-unsaturated/α-hetero) is 1. The van der Waals surface area contributed by atoms with Gasteiger partial charge in [0.1, 0.15) is 0 Å². The first-order valence-electron chi connectivity index (χ1n) is 5.59. The lowest BCUT2D eigenvalue weighted by Crippen LogP contribution is -2.20. The molecule has 0 atom stereocenters. The van der Waals surface area contributed by atoms with E-state index in [4.69, 9.17) is 0 Å². The Morgan fingerprint density at radius 2 is 1.67 bits per heavy atom. The third-order valence-electron chi connectivity index (χ3n) is 2.44. The maximum atomic E-state index is 11.9. The second-order valence-corrected chi connectivity index (χ2v) is 5.03. The summed E-state index contributed by atoms with van der Waals surface area (Å²) in [6.45, 7) is 8.02. The predicted molar refractivity (Wildman–Crippen MR) is 64.2 cm³/mol. The van der Waals surface area contributed by atoms with E-state index in [9.17, 15) is 4.79 Å². The van der Waals surface area contributed by atoms with Gasteiger partial charge < -0.3 is 0 Å². The molecule has 0 saturated heterocycles. The summed E-state index contributed by atoms with van der Waals surface area (Å²) in [6.07, 6.45) is 2.23. The van der Waals surface area contributed by atoms with E-state index in [2.05, 4.69) is 19.1 Å². The minimum absolute atomic E-state index is 0.213. The number of rotatable bonds is 3. The number of hydrogen-bond donors (Lipinski definition) is 0. The lowest BCUT2D eigenvalue weighted by atomic mass is 9.86. The van der Waals surface area contributed by atoms with Crippen LogP contribution in [0.4, 0.5) is 0 Å². The Morgan fingerprint density at radius 3 is 2.07 bits per heavy atom. The van der Waals surface area contributed by atoms with E-state index in [1.54, 1.807) is 0 Å². The highest BCUT2D eigenvalue weighted by molar-refractivity contribution is 5.99. The molecule has 1 nitrogen and oxygen atoms in total. The summed E-state index contributed by atoms with van der Waals surface area (Å²) >= 11 is 0. The lowest BCUT2D eigenvalue weighted by molar-refractivity contribution is 0.0858. The maximum absolute atomic E-state index is 11.9. The molecule has 0 saturated carbocycles. The van der Waals surface area contributed by atoms with E-state index in [-0.39, 0.29) is 11.2 Å². The minimum Gasteiger partial charge on any atom is -0.294 e. The van der Waals surface area contributed by atoms with E-state index in [0.717, 1.165) is 18.4 Å². The SMILES string of the molecule is CCCc1ccc(C(=O)C(C)(C)C)cc1. The number of carbonyl (C=O) groups is 1. The Morgan fingerprint density at radius 1 is 1.13 bits per heavy atom. The highest BCUT2D eigenvalue weighted by Gasteiger charge is 2.22. The summed E-state index contributed by atoms with van der Waals surface area (Å²) in [5.74, 6) is 0.213. The van der Waals surface area contributed by atoms with Gasteiger partial charge in [-0.1, -0.05) is 58.4 Å². The molecule has 0 aliphatic rings. The van der Waals surface area contributed by atoms with Gasteiger partial charge in [0, 0.05) is 11.0 Å². The molecule has 0 bridgehead atoms. The van der Waals surface area contributed by atoms with Crippen molar-refractivity contribution in [2.45, 2.75) is 40.5 Å². The first-order chi connectivity index (χ1) is 6.95. The van der Waals surface area contributed by atoms with Crippen LogP contribution < -0.4 is 0 Å². The van der Waals surface area contributed by atoms with Gasteiger partial charge in [-0.15, -0.1) is 0 Å². The fourth-order valence-electron chi connectivity index (χ4n) is 1.54. The first kappa shape index (κ1) is 12.0. The number of aryl methyl sites for hydroxylation is 1. The summed E-state index contributed by atoms with van der Waals surface area (Å²) in [5.41, 5.74) is 1.84. The number of benzene rings is 1. The summed E-state index contributed by atoms with van der Waals surface area (Å²) in [4.78, 5) is 11.9. The van der Waals surface area contributed by atoms with Crippen molar-refractivity contribution in [2.75, 3.05) is 0 Å². The van der Waals surface area contributed by atoms with Gasteiger partial charge in [0.2, 0.25) is 0 Å². The van der Waals surface area contributed by atoms with Crippen LogP contribution in [0.3, 0.4) is 0 Å². The average molecular weight is 204 g/mol. The molecule has 1 rings (SSSR count). The van der Waals surface area contributed by atoms with Gasteiger partial charge in [0.25, 0.3) is 0 Å². The van der Waals surface area contributed by atoms with Gasteiger partial charge in [-0.25, -0.2) is 0 Å². The van der Waals surface area contributed by atoms with Crippen LogP contribution >= 0.6 is 0 Å². The molecule has 0 fully saturated rings. The highest BCUT2D eigenvalue weighted by Crippen LogP contribution is 2.21. The number of carbonyl (C=O) groups excluding carboxylic acids is 1.